The molecule has 0 saturated carbocycles. The lowest BCUT2D eigenvalue weighted by Gasteiger charge is -2.06. The van der Waals surface area contributed by atoms with Crippen molar-refractivity contribution in [1.82, 2.24) is 9.99 Å². The number of thiazole rings is 1. The van der Waals surface area contributed by atoms with Crippen molar-refractivity contribution in [3.8, 4) is 11.3 Å². The molecule has 0 aliphatic carbocycles. The van der Waals surface area contributed by atoms with E-state index < -0.39 is 0 Å². The highest BCUT2D eigenvalue weighted by Crippen LogP contribution is 2.22. The van der Waals surface area contributed by atoms with E-state index in [0.29, 0.717) is 21.1 Å². The van der Waals surface area contributed by atoms with Crippen LogP contribution in [0.1, 0.15) is 15.2 Å². The predicted octanol–water partition coefficient (Wildman–Crippen LogP) is 3.99. The zero-order chi connectivity index (χ0) is 18.5. The lowest BCUT2D eigenvalue weighted by Crippen LogP contribution is -2.29. The second kappa shape index (κ2) is 8.31. The molecule has 0 atom stereocenters. The van der Waals surface area contributed by atoms with Crippen molar-refractivity contribution in [3.63, 3.8) is 0 Å². The Morgan fingerprint density at radius 3 is 2.42 bits per heavy atom. The first-order chi connectivity index (χ1) is 12.6. The fourth-order valence-electron chi connectivity index (χ4n) is 2.26. The first-order valence-corrected chi connectivity index (χ1v) is 9.34. The maximum atomic E-state index is 12.3. The number of alkyl halides is 1. The van der Waals surface area contributed by atoms with E-state index in [0.717, 1.165) is 5.56 Å². The highest BCUT2D eigenvalue weighted by molar-refractivity contribution is 7.07. The summed E-state index contributed by atoms with van der Waals surface area (Å²) in [6, 6.07) is 15.8. The third kappa shape index (κ3) is 4.04. The number of hydrogen-bond donors (Lipinski definition) is 1. The number of nitrogens with zero attached hydrogens (tertiary/aromatic N) is 2. The summed E-state index contributed by atoms with van der Waals surface area (Å²) in [7, 11) is 0. The van der Waals surface area contributed by atoms with Gasteiger partial charge in [-0.1, -0.05) is 41.9 Å². The molecule has 3 aromatic rings. The normalized spacial score (nSPS) is 11.4. The van der Waals surface area contributed by atoms with Crippen molar-refractivity contribution in [3.05, 3.63) is 75.4 Å². The van der Waals surface area contributed by atoms with Crippen LogP contribution in [0.2, 0.25) is 5.02 Å². The Labute approximate surface area is 163 Å². The molecule has 0 spiro atoms. The van der Waals surface area contributed by atoms with Crippen LogP contribution >= 0.6 is 34.5 Å². The summed E-state index contributed by atoms with van der Waals surface area (Å²) in [6.45, 7) is 0. The van der Waals surface area contributed by atoms with Gasteiger partial charge in [-0.05, 0) is 29.8 Å². The van der Waals surface area contributed by atoms with Crippen LogP contribution in [-0.2, 0) is 0 Å². The number of benzene rings is 2. The molecule has 0 unspecified atom stereocenters. The minimum Gasteiger partial charge on any atom is -0.273 e. The van der Waals surface area contributed by atoms with Crippen LogP contribution < -0.4 is 10.2 Å². The van der Waals surface area contributed by atoms with E-state index in [1.165, 1.54) is 15.9 Å². The molecule has 1 amide bonds. The molecule has 5 nitrogen and oxygen atoms in total. The van der Waals surface area contributed by atoms with Crippen LogP contribution in [0.5, 0.6) is 0 Å². The first kappa shape index (κ1) is 18.4. The van der Waals surface area contributed by atoms with Crippen molar-refractivity contribution in [1.29, 1.82) is 0 Å². The van der Waals surface area contributed by atoms with Gasteiger partial charge in [0.1, 0.15) is 5.88 Å². The Hall–Kier alpha value is -2.41. The Morgan fingerprint density at radius 2 is 1.77 bits per heavy atom. The first-order valence-electron chi connectivity index (χ1n) is 7.55. The number of hydrogen-bond acceptors (Lipinski definition) is 4. The van der Waals surface area contributed by atoms with Gasteiger partial charge in [-0.3, -0.25) is 14.2 Å². The molecule has 0 saturated heterocycles. The molecule has 0 bridgehead atoms. The summed E-state index contributed by atoms with van der Waals surface area (Å²) in [6.07, 6.45) is 0. The average molecular weight is 406 g/mol. The lowest BCUT2D eigenvalue weighted by molar-refractivity contribution is 0.0926. The molecule has 0 radical (unpaired) electrons. The van der Waals surface area contributed by atoms with E-state index in [1.54, 1.807) is 53.9 Å². The summed E-state index contributed by atoms with van der Waals surface area (Å²) in [5, 5.41) is 6.47. The molecule has 0 aliphatic rings. The zero-order valence-electron chi connectivity index (χ0n) is 13.4. The molecule has 132 valence electrons. The van der Waals surface area contributed by atoms with Gasteiger partial charge in [0.15, 0.2) is 0 Å². The highest BCUT2D eigenvalue weighted by atomic mass is 35.5. The molecule has 2 aromatic carbocycles. The van der Waals surface area contributed by atoms with E-state index in [2.05, 4.69) is 10.5 Å². The quantitative estimate of drug-likeness (QED) is 0.526. The van der Waals surface area contributed by atoms with Crippen LogP contribution in [-0.4, -0.2) is 22.3 Å². The topological polar surface area (TPSA) is 63.5 Å². The molecule has 1 aromatic heterocycles. The Kier molecular flexibility index (Phi) is 5.88. The van der Waals surface area contributed by atoms with Gasteiger partial charge in [0.2, 0.25) is 10.7 Å². The van der Waals surface area contributed by atoms with Crippen LogP contribution in [0.15, 0.2) is 65.1 Å². The number of aromatic nitrogens is 1. The lowest BCUT2D eigenvalue weighted by atomic mass is 10.2. The summed E-state index contributed by atoms with van der Waals surface area (Å²) in [4.78, 5) is 24.8. The van der Waals surface area contributed by atoms with Crippen molar-refractivity contribution in [2.24, 2.45) is 5.10 Å². The standard InChI is InChI=1S/C18H13Cl2N3O2S/c19-10-16(24)23-15(12-6-8-14(20)9-7-12)11-26-18(23)22-21-17(25)13-4-2-1-3-5-13/h1-9,11H,10H2,(H,21,25)/b22-18-. The van der Waals surface area contributed by atoms with E-state index in [4.69, 9.17) is 23.2 Å². The van der Waals surface area contributed by atoms with Crippen molar-refractivity contribution < 1.29 is 9.59 Å². The summed E-state index contributed by atoms with van der Waals surface area (Å²) >= 11 is 12.9. The third-order valence-corrected chi connectivity index (χ3v) is 4.81. The van der Waals surface area contributed by atoms with Gasteiger partial charge < -0.3 is 0 Å². The molecular weight excluding hydrogens is 393 g/mol. The molecule has 3 rings (SSSR count). The molecule has 8 heteroatoms. The van der Waals surface area contributed by atoms with Gasteiger partial charge in [0, 0.05) is 16.0 Å². The number of carbonyl (C=O) groups is 2. The van der Waals surface area contributed by atoms with Gasteiger partial charge in [-0.15, -0.1) is 28.0 Å². The maximum Gasteiger partial charge on any atom is 0.271 e. The fourth-order valence-corrected chi connectivity index (χ4v) is 3.37. The summed E-state index contributed by atoms with van der Waals surface area (Å²) < 4.78 is 1.38. The molecular formula is C18H13Cl2N3O2S. The third-order valence-electron chi connectivity index (χ3n) is 3.50. The smallest absolute Gasteiger partial charge is 0.271 e. The Bertz CT molecular complexity index is 995. The number of amides is 1. The second-order valence-corrected chi connectivity index (χ2v) is 6.73. The predicted molar refractivity (Wildman–Crippen MR) is 104 cm³/mol. The monoisotopic (exact) mass is 405 g/mol. The molecule has 1 N–H and O–H groups in total. The number of nitrogens with one attached hydrogen (secondary N) is 1. The average Bonchev–Trinajstić information content (AvgIpc) is 3.10. The Balaban J connectivity index is 1.98. The van der Waals surface area contributed by atoms with Crippen LogP contribution in [0.25, 0.3) is 11.3 Å². The number of halogens is 2. The van der Waals surface area contributed by atoms with Crippen molar-refractivity contribution >= 4 is 46.4 Å². The fraction of sp³-hybridized carbons (Fsp3) is 0.0556. The van der Waals surface area contributed by atoms with E-state index in [-0.39, 0.29) is 17.7 Å². The Morgan fingerprint density at radius 1 is 1.08 bits per heavy atom. The summed E-state index contributed by atoms with van der Waals surface area (Å²) in [5.74, 6) is -0.917. The van der Waals surface area contributed by atoms with Gasteiger partial charge in [-0.25, -0.2) is 5.43 Å². The highest BCUT2D eigenvalue weighted by Gasteiger charge is 2.14. The van der Waals surface area contributed by atoms with Crippen LogP contribution in [0, 0.1) is 0 Å². The summed E-state index contributed by atoms with van der Waals surface area (Å²) in [5.41, 5.74) is 4.36. The van der Waals surface area contributed by atoms with E-state index >= 15 is 0 Å². The maximum absolute atomic E-state index is 12.3. The molecule has 0 fully saturated rings. The molecule has 1 heterocycles. The number of rotatable bonds is 4. The van der Waals surface area contributed by atoms with Crippen LogP contribution in [0.4, 0.5) is 0 Å². The largest absolute Gasteiger partial charge is 0.273 e. The minimum atomic E-state index is -0.364. The van der Waals surface area contributed by atoms with E-state index in [1.807, 2.05) is 6.07 Å². The van der Waals surface area contributed by atoms with Gasteiger partial charge >= 0.3 is 0 Å². The zero-order valence-corrected chi connectivity index (χ0v) is 15.7. The SMILES string of the molecule is O=C(N/N=c1\scc(-c2ccc(Cl)cc2)n1C(=O)CCl)c1ccccc1. The van der Waals surface area contributed by atoms with Crippen molar-refractivity contribution in [2.75, 3.05) is 5.88 Å². The van der Waals surface area contributed by atoms with Gasteiger partial charge in [0.05, 0.1) is 5.69 Å². The van der Waals surface area contributed by atoms with Gasteiger partial charge in [0.25, 0.3) is 5.91 Å². The minimum absolute atomic E-state index is 0.211. The van der Waals surface area contributed by atoms with Crippen molar-refractivity contribution in [2.45, 2.75) is 0 Å². The molecule has 0 aliphatic heterocycles. The van der Waals surface area contributed by atoms with Crippen LogP contribution in [0.3, 0.4) is 0 Å². The van der Waals surface area contributed by atoms with E-state index in [9.17, 15) is 9.59 Å². The molecule has 26 heavy (non-hydrogen) atoms. The van der Waals surface area contributed by atoms with Gasteiger partial charge in [-0.2, -0.15) is 0 Å². The second-order valence-electron chi connectivity index (χ2n) is 5.19. The number of carbonyl (C=O) groups excluding carboxylic acids is 2.